The lowest BCUT2D eigenvalue weighted by Gasteiger charge is -2.20. The zero-order valence-corrected chi connectivity index (χ0v) is 15.7. The molecule has 2 rings (SSSR count). The second kappa shape index (κ2) is 8.01. The van der Waals surface area contributed by atoms with Crippen molar-refractivity contribution in [3.05, 3.63) is 23.8 Å². The number of rotatable bonds is 8. The standard InChI is InChI=1S/C18H28N2O3S/c1-4-7-12-24(22,23)20-11-10-15-8-9-16(13-17(15)20)19-18(21)14(5-2)6-3/h8-9,13-14H,4-7,10-12H2,1-3H3,(H,19,21). The Bertz CT molecular complexity index is 682. The van der Waals surface area contributed by atoms with Gasteiger partial charge in [0.1, 0.15) is 0 Å². The Labute approximate surface area is 145 Å². The fourth-order valence-electron chi connectivity index (χ4n) is 3.06. The molecule has 134 valence electrons. The lowest BCUT2D eigenvalue weighted by molar-refractivity contribution is -0.120. The lowest BCUT2D eigenvalue weighted by atomic mass is 10.0. The molecule has 1 aliphatic heterocycles. The Morgan fingerprint density at radius 3 is 2.58 bits per heavy atom. The second-order valence-corrected chi connectivity index (χ2v) is 8.35. The first-order chi connectivity index (χ1) is 11.4. The molecule has 0 aromatic heterocycles. The molecule has 0 radical (unpaired) electrons. The molecule has 1 heterocycles. The van der Waals surface area contributed by atoms with Crippen molar-refractivity contribution in [1.29, 1.82) is 0 Å². The maximum absolute atomic E-state index is 12.5. The molecule has 1 aliphatic rings. The van der Waals surface area contributed by atoms with Crippen molar-refractivity contribution in [1.82, 2.24) is 0 Å². The van der Waals surface area contributed by atoms with E-state index >= 15 is 0 Å². The summed E-state index contributed by atoms with van der Waals surface area (Å²) in [5, 5.41) is 2.93. The summed E-state index contributed by atoms with van der Waals surface area (Å²) in [6.07, 6.45) is 3.84. The third-order valence-electron chi connectivity index (χ3n) is 4.65. The number of sulfonamides is 1. The van der Waals surface area contributed by atoms with Crippen molar-refractivity contribution in [3.8, 4) is 0 Å². The number of unbranched alkanes of at least 4 members (excludes halogenated alkanes) is 1. The van der Waals surface area contributed by atoms with Crippen molar-refractivity contribution >= 4 is 27.3 Å². The Hall–Kier alpha value is -1.56. The topological polar surface area (TPSA) is 66.5 Å². The van der Waals surface area contributed by atoms with Gasteiger partial charge in [-0.15, -0.1) is 0 Å². The van der Waals surface area contributed by atoms with Gasteiger partial charge in [0, 0.05) is 18.2 Å². The van der Waals surface area contributed by atoms with Crippen molar-refractivity contribution in [2.45, 2.75) is 52.9 Å². The smallest absolute Gasteiger partial charge is 0.235 e. The van der Waals surface area contributed by atoms with Crippen LogP contribution in [0.15, 0.2) is 18.2 Å². The number of hydrogen-bond donors (Lipinski definition) is 1. The van der Waals surface area contributed by atoms with Crippen LogP contribution in [0.5, 0.6) is 0 Å². The number of nitrogens with zero attached hydrogens (tertiary/aromatic N) is 1. The second-order valence-electron chi connectivity index (χ2n) is 6.34. The fraction of sp³-hybridized carbons (Fsp3) is 0.611. The molecule has 0 unspecified atom stereocenters. The molecule has 0 atom stereocenters. The molecule has 6 heteroatoms. The van der Waals surface area contributed by atoms with Crippen LogP contribution in [0, 0.1) is 5.92 Å². The van der Waals surface area contributed by atoms with Crippen LogP contribution in [0.3, 0.4) is 0 Å². The summed E-state index contributed by atoms with van der Waals surface area (Å²) in [4.78, 5) is 12.3. The van der Waals surface area contributed by atoms with Gasteiger partial charge in [0.15, 0.2) is 0 Å². The van der Waals surface area contributed by atoms with Gasteiger partial charge < -0.3 is 5.32 Å². The monoisotopic (exact) mass is 352 g/mol. The van der Waals surface area contributed by atoms with Crippen LogP contribution >= 0.6 is 0 Å². The zero-order chi connectivity index (χ0) is 17.7. The molecule has 24 heavy (non-hydrogen) atoms. The first-order valence-corrected chi connectivity index (χ1v) is 10.5. The van der Waals surface area contributed by atoms with Crippen molar-refractivity contribution < 1.29 is 13.2 Å². The highest BCUT2D eigenvalue weighted by Gasteiger charge is 2.29. The number of nitrogens with one attached hydrogen (secondary N) is 1. The summed E-state index contributed by atoms with van der Waals surface area (Å²) in [6, 6.07) is 5.58. The molecule has 0 saturated carbocycles. The summed E-state index contributed by atoms with van der Waals surface area (Å²) in [7, 11) is -3.29. The lowest BCUT2D eigenvalue weighted by Crippen LogP contribution is -2.31. The van der Waals surface area contributed by atoms with Gasteiger partial charge in [-0.05, 0) is 43.4 Å². The largest absolute Gasteiger partial charge is 0.326 e. The molecular weight excluding hydrogens is 324 g/mol. The van der Waals surface area contributed by atoms with E-state index < -0.39 is 10.0 Å². The maximum atomic E-state index is 12.5. The number of carbonyl (C=O) groups is 1. The van der Waals surface area contributed by atoms with E-state index in [-0.39, 0.29) is 17.6 Å². The molecule has 0 aliphatic carbocycles. The molecule has 1 amide bonds. The van der Waals surface area contributed by atoms with Crippen molar-refractivity contribution in [2.24, 2.45) is 5.92 Å². The summed E-state index contributed by atoms with van der Waals surface area (Å²) in [5.74, 6) is 0.161. The van der Waals surface area contributed by atoms with Gasteiger partial charge in [-0.3, -0.25) is 9.10 Å². The van der Waals surface area contributed by atoms with E-state index in [9.17, 15) is 13.2 Å². The van der Waals surface area contributed by atoms with Gasteiger partial charge in [-0.1, -0.05) is 33.3 Å². The number of hydrogen-bond acceptors (Lipinski definition) is 3. The number of carbonyl (C=O) groups excluding carboxylic acids is 1. The summed E-state index contributed by atoms with van der Waals surface area (Å²) >= 11 is 0. The number of anilines is 2. The molecule has 0 fully saturated rings. The molecular formula is C18H28N2O3S. The predicted molar refractivity (Wildman–Crippen MR) is 98.9 cm³/mol. The van der Waals surface area contributed by atoms with Gasteiger partial charge in [0.25, 0.3) is 0 Å². The minimum atomic E-state index is -3.29. The number of benzene rings is 1. The van der Waals surface area contributed by atoms with Crippen molar-refractivity contribution in [2.75, 3.05) is 21.9 Å². The minimum Gasteiger partial charge on any atom is -0.326 e. The van der Waals surface area contributed by atoms with Crippen molar-refractivity contribution in [3.63, 3.8) is 0 Å². The van der Waals surface area contributed by atoms with Crippen LogP contribution in [-0.2, 0) is 21.2 Å². The molecule has 1 aromatic rings. The van der Waals surface area contributed by atoms with Crippen LogP contribution in [0.4, 0.5) is 11.4 Å². The third kappa shape index (κ3) is 4.09. The first-order valence-electron chi connectivity index (χ1n) is 8.87. The molecule has 0 saturated heterocycles. The highest BCUT2D eigenvalue weighted by atomic mass is 32.2. The molecule has 0 spiro atoms. The molecule has 5 nitrogen and oxygen atoms in total. The van der Waals surface area contributed by atoms with Gasteiger partial charge in [-0.2, -0.15) is 0 Å². The van der Waals surface area contributed by atoms with Crippen LogP contribution in [0.1, 0.15) is 52.0 Å². The molecule has 1 aromatic carbocycles. The van der Waals surface area contributed by atoms with Crippen LogP contribution in [0.2, 0.25) is 0 Å². The minimum absolute atomic E-state index is 0.00154. The Morgan fingerprint density at radius 1 is 1.25 bits per heavy atom. The van der Waals surface area contributed by atoms with E-state index in [1.165, 1.54) is 4.31 Å². The predicted octanol–water partition coefficient (Wildman–Crippen LogP) is 3.55. The summed E-state index contributed by atoms with van der Waals surface area (Å²) in [6.45, 7) is 6.47. The normalized spacial score (nSPS) is 14.1. The highest BCUT2D eigenvalue weighted by molar-refractivity contribution is 7.92. The maximum Gasteiger partial charge on any atom is 0.235 e. The SMILES string of the molecule is CCCCS(=O)(=O)N1CCc2ccc(NC(=O)C(CC)CC)cc21. The Balaban J connectivity index is 2.21. The Kier molecular flexibility index (Phi) is 6.27. The quantitative estimate of drug-likeness (QED) is 0.778. The molecule has 0 bridgehead atoms. The van der Waals surface area contributed by atoms with Gasteiger partial charge in [0.2, 0.25) is 15.9 Å². The summed E-state index contributed by atoms with van der Waals surface area (Å²) in [5.41, 5.74) is 2.41. The first kappa shape index (κ1) is 18.8. The van der Waals surface area contributed by atoms with E-state index in [4.69, 9.17) is 0 Å². The van der Waals surface area contributed by atoms with Crippen LogP contribution in [0.25, 0.3) is 0 Å². The van der Waals surface area contributed by atoms with Gasteiger partial charge >= 0.3 is 0 Å². The fourth-order valence-corrected chi connectivity index (χ4v) is 4.77. The van der Waals surface area contributed by atoms with E-state index in [0.717, 1.165) is 31.2 Å². The average molecular weight is 353 g/mol. The van der Waals surface area contributed by atoms with E-state index in [1.54, 1.807) is 6.07 Å². The number of fused-ring (bicyclic) bond motifs is 1. The molecule has 1 N–H and O–H groups in total. The van der Waals surface area contributed by atoms with E-state index in [1.807, 2.05) is 32.9 Å². The zero-order valence-electron chi connectivity index (χ0n) is 14.8. The highest BCUT2D eigenvalue weighted by Crippen LogP contribution is 2.33. The van der Waals surface area contributed by atoms with E-state index in [0.29, 0.717) is 24.3 Å². The average Bonchev–Trinajstić information content (AvgIpc) is 2.98. The third-order valence-corrected chi connectivity index (χ3v) is 6.51. The van der Waals surface area contributed by atoms with E-state index in [2.05, 4.69) is 5.32 Å². The Morgan fingerprint density at radius 2 is 1.96 bits per heavy atom. The van der Waals surface area contributed by atoms with Crippen LogP contribution in [-0.4, -0.2) is 26.6 Å². The number of amides is 1. The van der Waals surface area contributed by atoms with Gasteiger partial charge in [0.05, 0.1) is 11.4 Å². The van der Waals surface area contributed by atoms with Crippen LogP contribution < -0.4 is 9.62 Å². The summed E-state index contributed by atoms with van der Waals surface area (Å²) < 4.78 is 26.6. The van der Waals surface area contributed by atoms with Gasteiger partial charge in [-0.25, -0.2) is 8.42 Å².